The minimum Gasteiger partial charge on any atom is -0.504 e. The van der Waals surface area contributed by atoms with Crippen LogP contribution >= 0.6 is 23.8 Å². The Bertz CT molecular complexity index is 1040. The first-order valence-corrected chi connectivity index (χ1v) is 10.7. The van der Waals surface area contributed by atoms with Crippen molar-refractivity contribution in [2.75, 3.05) is 5.32 Å². The van der Waals surface area contributed by atoms with E-state index in [0.717, 1.165) is 16.7 Å². The third kappa shape index (κ3) is 5.63. The molecule has 0 heterocycles. The molecular weight excluding hydrogens is 428 g/mol. The van der Waals surface area contributed by atoms with Crippen LogP contribution in [-0.2, 0) is 10.2 Å². The van der Waals surface area contributed by atoms with Crippen LogP contribution < -0.4 is 10.6 Å². The zero-order valence-corrected chi connectivity index (χ0v) is 19.2. The van der Waals surface area contributed by atoms with E-state index >= 15 is 0 Å². The number of halogens is 1. The van der Waals surface area contributed by atoms with Gasteiger partial charge in [0.05, 0.1) is 16.6 Å². The van der Waals surface area contributed by atoms with Gasteiger partial charge in [-0.1, -0.05) is 93.0 Å². The lowest BCUT2D eigenvalue weighted by Gasteiger charge is -2.22. The highest BCUT2D eigenvalue weighted by atomic mass is 35.5. The number of carbonyl (C=O) groups excluding carboxylic acids is 1. The van der Waals surface area contributed by atoms with E-state index in [4.69, 9.17) is 23.8 Å². The molecule has 4 nitrogen and oxygen atoms in total. The van der Waals surface area contributed by atoms with Gasteiger partial charge in [-0.3, -0.25) is 4.79 Å². The normalized spacial score (nSPS) is 11.3. The molecule has 0 bridgehead atoms. The number of phenolic OH excluding ortho intramolecular Hbond substituents is 1. The van der Waals surface area contributed by atoms with Crippen LogP contribution in [0.5, 0.6) is 5.75 Å². The Kier molecular flexibility index (Phi) is 6.98. The van der Waals surface area contributed by atoms with Crippen LogP contribution in [0, 0.1) is 0 Å². The summed E-state index contributed by atoms with van der Waals surface area (Å²) in [6, 6.07) is 22.5. The molecule has 3 aromatic carbocycles. The maximum Gasteiger partial charge on any atom is 0.238 e. The second-order valence-corrected chi connectivity index (χ2v) is 9.12. The number of thiocarbonyl (C=S) groups is 1. The van der Waals surface area contributed by atoms with Crippen molar-refractivity contribution in [2.45, 2.75) is 32.1 Å². The maximum atomic E-state index is 13.2. The quantitative estimate of drug-likeness (QED) is 0.336. The number of phenols is 1. The summed E-state index contributed by atoms with van der Waals surface area (Å²) in [4.78, 5) is 13.2. The maximum absolute atomic E-state index is 13.2. The molecule has 3 N–H and O–H groups in total. The summed E-state index contributed by atoms with van der Waals surface area (Å²) in [5.41, 5.74) is 2.81. The molecule has 0 radical (unpaired) electrons. The minimum atomic E-state index is -0.528. The Balaban J connectivity index is 1.84. The van der Waals surface area contributed by atoms with Gasteiger partial charge in [0.1, 0.15) is 0 Å². The van der Waals surface area contributed by atoms with Gasteiger partial charge in [0, 0.05) is 0 Å². The standard InChI is InChI=1S/C25H25ClN2O2S/c1-25(2,3)18-14-19(26)22(29)20(15-18)27-24(31)28-23(30)21(16-10-6-4-7-11-16)17-12-8-5-9-13-17/h4-15,21,29H,1-3H3,(H2,27,28,30,31). The molecule has 31 heavy (non-hydrogen) atoms. The van der Waals surface area contributed by atoms with Crippen molar-refractivity contribution in [2.24, 2.45) is 0 Å². The molecule has 0 atom stereocenters. The largest absolute Gasteiger partial charge is 0.504 e. The van der Waals surface area contributed by atoms with Crippen LogP contribution in [0.4, 0.5) is 5.69 Å². The summed E-state index contributed by atoms with van der Waals surface area (Å²) in [6.45, 7) is 6.14. The van der Waals surface area contributed by atoms with E-state index in [-0.39, 0.29) is 27.2 Å². The van der Waals surface area contributed by atoms with Crippen molar-refractivity contribution < 1.29 is 9.90 Å². The van der Waals surface area contributed by atoms with Gasteiger partial charge in [-0.2, -0.15) is 0 Å². The lowest BCUT2D eigenvalue weighted by molar-refractivity contribution is -0.120. The summed E-state index contributed by atoms with van der Waals surface area (Å²) < 4.78 is 0. The Hall–Kier alpha value is -2.89. The van der Waals surface area contributed by atoms with Crippen molar-refractivity contribution in [1.82, 2.24) is 5.32 Å². The topological polar surface area (TPSA) is 61.4 Å². The molecule has 1 amide bonds. The van der Waals surface area contributed by atoms with Gasteiger partial charge in [0.2, 0.25) is 5.91 Å². The Morgan fingerprint density at radius 1 is 0.968 bits per heavy atom. The number of hydrogen-bond donors (Lipinski definition) is 3. The first kappa shape index (κ1) is 22.8. The molecule has 0 saturated carbocycles. The molecular formula is C25H25ClN2O2S. The van der Waals surface area contributed by atoms with E-state index in [1.807, 2.05) is 81.4 Å². The fraction of sp³-hybridized carbons (Fsp3) is 0.200. The number of nitrogens with one attached hydrogen (secondary N) is 2. The smallest absolute Gasteiger partial charge is 0.238 e. The van der Waals surface area contributed by atoms with Crippen molar-refractivity contribution in [3.8, 4) is 5.75 Å². The van der Waals surface area contributed by atoms with Crippen molar-refractivity contribution >= 4 is 40.5 Å². The molecule has 6 heteroatoms. The SMILES string of the molecule is CC(C)(C)c1cc(Cl)c(O)c(NC(=S)NC(=O)C(c2ccccc2)c2ccccc2)c1. The zero-order valence-electron chi connectivity index (χ0n) is 17.6. The first-order chi connectivity index (χ1) is 14.7. The summed E-state index contributed by atoms with van der Waals surface area (Å²) in [5, 5.41) is 16.3. The molecule has 3 aromatic rings. The summed E-state index contributed by atoms with van der Waals surface area (Å²) >= 11 is 11.6. The number of rotatable bonds is 4. The predicted octanol–water partition coefficient (Wildman–Crippen LogP) is 5.99. The number of aromatic hydroxyl groups is 1. The average Bonchev–Trinajstić information content (AvgIpc) is 2.72. The Morgan fingerprint density at radius 3 is 1.97 bits per heavy atom. The van der Waals surface area contributed by atoms with Crippen LogP contribution in [0.3, 0.4) is 0 Å². The molecule has 160 valence electrons. The average molecular weight is 453 g/mol. The van der Waals surface area contributed by atoms with Crippen molar-refractivity contribution in [3.05, 3.63) is 94.5 Å². The number of hydrogen-bond acceptors (Lipinski definition) is 3. The second-order valence-electron chi connectivity index (χ2n) is 8.30. The summed E-state index contributed by atoms with van der Waals surface area (Å²) in [5.74, 6) is -0.915. The van der Waals surface area contributed by atoms with Gasteiger partial charge >= 0.3 is 0 Å². The Morgan fingerprint density at radius 2 is 1.48 bits per heavy atom. The monoisotopic (exact) mass is 452 g/mol. The van der Waals surface area contributed by atoms with Crippen LogP contribution in [-0.4, -0.2) is 16.1 Å². The van der Waals surface area contributed by atoms with E-state index < -0.39 is 5.92 Å². The van der Waals surface area contributed by atoms with Gasteiger partial charge < -0.3 is 15.7 Å². The van der Waals surface area contributed by atoms with E-state index in [2.05, 4.69) is 10.6 Å². The summed E-state index contributed by atoms with van der Waals surface area (Å²) in [6.07, 6.45) is 0. The third-order valence-corrected chi connectivity index (χ3v) is 5.43. The second kappa shape index (κ2) is 9.50. The molecule has 0 aliphatic rings. The van der Waals surface area contributed by atoms with Gasteiger partial charge in [-0.05, 0) is 46.5 Å². The highest BCUT2D eigenvalue weighted by Crippen LogP contribution is 2.37. The van der Waals surface area contributed by atoms with E-state index in [1.54, 1.807) is 12.1 Å². The van der Waals surface area contributed by atoms with E-state index in [9.17, 15) is 9.90 Å². The van der Waals surface area contributed by atoms with Gasteiger partial charge in [-0.25, -0.2) is 0 Å². The fourth-order valence-corrected chi connectivity index (χ4v) is 3.68. The first-order valence-electron chi connectivity index (χ1n) is 9.91. The van der Waals surface area contributed by atoms with Crippen LogP contribution in [0.2, 0.25) is 5.02 Å². The molecule has 0 spiro atoms. The number of carbonyl (C=O) groups is 1. The Labute approximate surface area is 193 Å². The lowest BCUT2D eigenvalue weighted by Crippen LogP contribution is -2.38. The molecule has 0 aliphatic heterocycles. The van der Waals surface area contributed by atoms with Crippen LogP contribution in [0.15, 0.2) is 72.8 Å². The predicted molar refractivity (Wildman–Crippen MR) is 131 cm³/mol. The van der Waals surface area contributed by atoms with Gasteiger partial charge in [-0.15, -0.1) is 0 Å². The lowest BCUT2D eigenvalue weighted by atomic mass is 9.87. The van der Waals surface area contributed by atoms with E-state index in [0.29, 0.717) is 5.69 Å². The number of anilines is 1. The van der Waals surface area contributed by atoms with Gasteiger partial charge in [0.15, 0.2) is 10.9 Å². The molecule has 0 saturated heterocycles. The number of amides is 1. The van der Waals surface area contributed by atoms with Crippen molar-refractivity contribution in [1.29, 1.82) is 0 Å². The molecule has 0 aromatic heterocycles. The molecule has 0 aliphatic carbocycles. The zero-order chi connectivity index (χ0) is 22.6. The van der Waals surface area contributed by atoms with E-state index in [1.165, 1.54) is 0 Å². The molecule has 0 unspecified atom stereocenters. The van der Waals surface area contributed by atoms with Crippen LogP contribution in [0.25, 0.3) is 0 Å². The van der Waals surface area contributed by atoms with Crippen LogP contribution in [0.1, 0.15) is 43.4 Å². The summed E-state index contributed by atoms with van der Waals surface area (Å²) in [7, 11) is 0. The number of benzene rings is 3. The molecule has 0 fully saturated rings. The van der Waals surface area contributed by atoms with Gasteiger partial charge in [0.25, 0.3) is 0 Å². The fourth-order valence-electron chi connectivity index (χ4n) is 3.25. The third-order valence-electron chi connectivity index (χ3n) is 4.94. The molecule has 3 rings (SSSR count). The van der Waals surface area contributed by atoms with Crippen molar-refractivity contribution in [3.63, 3.8) is 0 Å². The highest BCUT2D eigenvalue weighted by molar-refractivity contribution is 7.80. The minimum absolute atomic E-state index is 0.0827. The highest BCUT2D eigenvalue weighted by Gasteiger charge is 2.24.